The number of rotatable bonds is 7. The number of likely N-dealkylation sites (N-methyl/N-ethyl adjacent to an activating group) is 1. The lowest BCUT2D eigenvalue weighted by Crippen LogP contribution is -2.43. The van der Waals surface area contributed by atoms with Crippen LogP contribution in [0.15, 0.2) is 42.5 Å². The maximum absolute atomic E-state index is 12.5. The van der Waals surface area contributed by atoms with Gasteiger partial charge in [-0.1, -0.05) is 55.2 Å². The maximum Gasteiger partial charge on any atom is 0.241 e. The van der Waals surface area contributed by atoms with Crippen LogP contribution >= 0.6 is 23.2 Å². The van der Waals surface area contributed by atoms with Crippen LogP contribution in [0.25, 0.3) is 0 Å². The Balaban J connectivity index is 1.92. The Kier molecular flexibility index (Phi) is 7.87. The Morgan fingerprint density at radius 2 is 1.54 bits per heavy atom. The van der Waals surface area contributed by atoms with Gasteiger partial charge in [0.1, 0.15) is 0 Å². The summed E-state index contributed by atoms with van der Waals surface area (Å²) < 4.78 is 0. The second-order valence-electron chi connectivity index (χ2n) is 7.00. The molecule has 150 valence electrons. The molecule has 0 spiro atoms. The lowest BCUT2D eigenvalue weighted by atomic mass is 10.0. The Bertz CT molecular complexity index is 818. The first-order valence-electron chi connectivity index (χ1n) is 9.04. The summed E-state index contributed by atoms with van der Waals surface area (Å²) in [5.41, 5.74) is 2.30. The molecular formula is C21H25Cl2N3O2. The van der Waals surface area contributed by atoms with Crippen LogP contribution in [0.5, 0.6) is 0 Å². The largest absolute Gasteiger partial charge is 0.325 e. The number of carbonyl (C=O) groups excluding carboxylic acids is 2. The lowest BCUT2D eigenvalue weighted by Gasteiger charge is -2.23. The molecule has 0 fully saturated rings. The van der Waals surface area contributed by atoms with Crippen LogP contribution in [-0.2, 0) is 9.59 Å². The summed E-state index contributed by atoms with van der Waals surface area (Å²) in [6.07, 6.45) is 0. The summed E-state index contributed by atoms with van der Waals surface area (Å²) in [5.74, 6) is -0.0678. The molecule has 7 heteroatoms. The predicted octanol–water partition coefficient (Wildman–Crippen LogP) is 5.01. The van der Waals surface area contributed by atoms with E-state index < -0.39 is 6.04 Å². The van der Waals surface area contributed by atoms with E-state index in [-0.39, 0.29) is 18.4 Å². The minimum atomic E-state index is -0.503. The zero-order valence-electron chi connectivity index (χ0n) is 16.4. The summed E-state index contributed by atoms with van der Waals surface area (Å²) >= 11 is 12.1. The van der Waals surface area contributed by atoms with Crippen molar-refractivity contribution in [2.24, 2.45) is 0 Å². The van der Waals surface area contributed by atoms with E-state index in [1.54, 1.807) is 37.1 Å². The molecule has 0 radical (unpaired) electrons. The fourth-order valence-electron chi connectivity index (χ4n) is 2.56. The topological polar surface area (TPSA) is 61.4 Å². The van der Waals surface area contributed by atoms with Gasteiger partial charge in [-0.15, -0.1) is 0 Å². The van der Waals surface area contributed by atoms with Gasteiger partial charge in [-0.3, -0.25) is 14.5 Å². The Morgan fingerprint density at radius 1 is 0.964 bits per heavy atom. The van der Waals surface area contributed by atoms with Crippen molar-refractivity contribution in [1.29, 1.82) is 0 Å². The van der Waals surface area contributed by atoms with Gasteiger partial charge in [-0.25, -0.2) is 0 Å². The molecule has 0 saturated carbocycles. The fraction of sp³-hybridized carbons (Fsp3) is 0.333. The number of amides is 2. The number of hydrogen-bond acceptors (Lipinski definition) is 3. The van der Waals surface area contributed by atoms with Crippen LogP contribution in [0.2, 0.25) is 10.0 Å². The molecule has 2 aromatic rings. The van der Waals surface area contributed by atoms with E-state index in [1.165, 1.54) is 5.56 Å². The Labute approximate surface area is 176 Å². The number of nitrogens with zero attached hydrogens (tertiary/aromatic N) is 1. The van der Waals surface area contributed by atoms with Crippen LogP contribution in [0.3, 0.4) is 0 Å². The molecule has 0 aliphatic carbocycles. The molecule has 0 bridgehead atoms. The zero-order chi connectivity index (χ0) is 20.8. The number of para-hydroxylation sites is 1. The van der Waals surface area contributed by atoms with Crippen molar-refractivity contribution >= 4 is 46.4 Å². The van der Waals surface area contributed by atoms with Crippen molar-refractivity contribution in [2.75, 3.05) is 24.2 Å². The van der Waals surface area contributed by atoms with E-state index >= 15 is 0 Å². The van der Waals surface area contributed by atoms with Crippen molar-refractivity contribution in [1.82, 2.24) is 4.90 Å². The van der Waals surface area contributed by atoms with Crippen molar-refractivity contribution < 1.29 is 9.59 Å². The van der Waals surface area contributed by atoms with Crippen molar-refractivity contribution in [3.63, 3.8) is 0 Å². The van der Waals surface area contributed by atoms with E-state index in [0.717, 1.165) is 5.69 Å². The van der Waals surface area contributed by atoms with E-state index in [4.69, 9.17) is 23.2 Å². The van der Waals surface area contributed by atoms with E-state index in [2.05, 4.69) is 24.5 Å². The molecule has 1 atom stereocenters. The molecule has 0 aliphatic rings. The lowest BCUT2D eigenvalue weighted by molar-refractivity contribution is -0.122. The molecule has 0 heterocycles. The Hall–Kier alpha value is -2.08. The summed E-state index contributed by atoms with van der Waals surface area (Å²) in [4.78, 5) is 26.5. The fourth-order valence-corrected chi connectivity index (χ4v) is 3.05. The normalized spacial score (nSPS) is 12.1. The van der Waals surface area contributed by atoms with Gasteiger partial charge in [0.25, 0.3) is 0 Å². The highest BCUT2D eigenvalue weighted by molar-refractivity contribution is 6.39. The molecule has 0 aromatic heterocycles. The molecular weight excluding hydrogens is 397 g/mol. The third-order valence-corrected chi connectivity index (χ3v) is 5.14. The maximum atomic E-state index is 12.5. The number of anilines is 2. The Morgan fingerprint density at radius 3 is 2.07 bits per heavy atom. The zero-order valence-corrected chi connectivity index (χ0v) is 17.9. The van der Waals surface area contributed by atoms with Gasteiger partial charge in [0.05, 0.1) is 28.3 Å². The monoisotopic (exact) mass is 421 g/mol. The van der Waals surface area contributed by atoms with Gasteiger partial charge < -0.3 is 10.6 Å². The molecule has 0 aliphatic heterocycles. The molecule has 2 aromatic carbocycles. The molecule has 2 N–H and O–H groups in total. The number of hydrogen-bond donors (Lipinski definition) is 2. The quantitative estimate of drug-likeness (QED) is 0.659. The van der Waals surface area contributed by atoms with Crippen LogP contribution in [-0.4, -0.2) is 36.3 Å². The van der Waals surface area contributed by atoms with E-state index in [1.807, 2.05) is 24.3 Å². The summed E-state index contributed by atoms with van der Waals surface area (Å²) in [6, 6.07) is 12.2. The van der Waals surface area contributed by atoms with Crippen molar-refractivity contribution in [3.8, 4) is 0 Å². The molecule has 2 amide bonds. The van der Waals surface area contributed by atoms with Crippen molar-refractivity contribution in [3.05, 3.63) is 58.1 Å². The number of nitrogens with one attached hydrogen (secondary N) is 2. The average molecular weight is 422 g/mol. The standard InChI is InChI=1S/C21H25Cl2N3O2/c1-13(2)15-8-10-16(11-9-15)24-21(28)14(3)26(4)12-19(27)25-20-17(22)6-5-7-18(20)23/h5-11,13-14H,12H2,1-4H3,(H,24,28)(H,25,27)/t14-/m1/s1. The van der Waals surface area contributed by atoms with E-state index in [0.29, 0.717) is 21.7 Å². The minimum absolute atomic E-state index is 0.0163. The van der Waals surface area contributed by atoms with E-state index in [9.17, 15) is 9.59 Å². The molecule has 0 saturated heterocycles. The molecule has 2 rings (SSSR count). The first-order valence-corrected chi connectivity index (χ1v) is 9.79. The van der Waals surface area contributed by atoms with Gasteiger partial charge in [-0.2, -0.15) is 0 Å². The van der Waals surface area contributed by atoms with Gasteiger partial charge in [0.2, 0.25) is 11.8 Å². The SMILES string of the molecule is CC(C)c1ccc(NC(=O)[C@@H](C)N(C)CC(=O)Nc2c(Cl)cccc2Cl)cc1. The first-order chi connectivity index (χ1) is 13.2. The number of benzene rings is 2. The highest BCUT2D eigenvalue weighted by Crippen LogP contribution is 2.29. The van der Waals surface area contributed by atoms with Gasteiger partial charge in [0.15, 0.2) is 0 Å². The van der Waals surface area contributed by atoms with Crippen LogP contribution in [0, 0.1) is 0 Å². The van der Waals surface area contributed by atoms with Gasteiger partial charge >= 0.3 is 0 Å². The van der Waals surface area contributed by atoms with Crippen LogP contribution < -0.4 is 10.6 Å². The summed E-state index contributed by atoms with van der Waals surface area (Å²) in [6.45, 7) is 5.99. The second kappa shape index (κ2) is 9.92. The number of carbonyl (C=O) groups is 2. The molecule has 28 heavy (non-hydrogen) atoms. The van der Waals surface area contributed by atoms with Crippen LogP contribution in [0.4, 0.5) is 11.4 Å². The summed E-state index contributed by atoms with van der Waals surface area (Å²) in [7, 11) is 1.71. The number of halogens is 2. The van der Waals surface area contributed by atoms with Gasteiger partial charge in [-0.05, 0) is 49.7 Å². The van der Waals surface area contributed by atoms with Crippen molar-refractivity contribution in [2.45, 2.75) is 32.7 Å². The first kappa shape index (κ1) is 22.2. The smallest absolute Gasteiger partial charge is 0.241 e. The highest BCUT2D eigenvalue weighted by atomic mass is 35.5. The molecule has 0 unspecified atom stereocenters. The molecule has 5 nitrogen and oxygen atoms in total. The van der Waals surface area contributed by atoms with Gasteiger partial charge in [0, 0.05) is 5.69 Å². The second-order valence-corrected chi connectivity index (χ2v) is 7.82. The van der Waals surface area contributed by atoms with Crippen LogP contribution in [0.1, 0.15) is 32.3 Å². The highest BCUT2D eigenvalue weighted by Gasteiger charge is 2.21. The predicted molar refractivity (Wildman–Crippen MR) is 116 cm³/mol. The average Bonchev–Trinajstić information content (AvgIpc) is 2.64. The summed E-state index contributed by atoms with van der Waals surface area (Å²) in [5, 5.41) is 6.29. The third-order valence-electron chi connectivity index (χ3n) is 4.51. The third kappa shape index (κ3) is 5.96. The minimum Gasteiger partial charge on any atom is -0.325 e.